The summed E-state index contributed by atoms with van der Waals surface area (Å²) in [6.45, 7) is 0. The zero-order valence-corrected chi connectivity index (χ0v) is 16.9. The van der Waals surface area contributed by atoms with Gasteiger partial charge in [0.15, 0.2) is 0 Å². The number of alkyl halides is 13. The number of rotatable bonds is 7. The summed E-state index contributed by atoms with van der Waals surface area (Å²) in [6, 6.07) is 3.79. The van der Waals surface area contributed by atoms with Crippen LogP contribution in [-0.4, -0.2) is 41.8 Å². The van der Waals surface area contributed by atoms with Crippen molar-refractivity contribution in [3.63, 3.8) is 0 Å². The lowest BCUT2D eigenvalue weighted by Gasteiger charge is -2.43. The maximum atomic E-state index is 14.3. The fraction of sp³-hybridized carbons (Fsp3) is 0.632. The number of esters is 1. The molecule has 200 valence electrons. The summed E-state index contributed by atoms with van der Waals surface area (Å²) >= 11 is 0. The molecule has 1 saturated carbocycles. The molecule has 0 N–H and O–H groups in total. The Morgan fingerprint density at radius 2 is 1.09 bits per heavy atom. The molecular formula is C19H14F14O2. The molecule has 0 bridgehead atoms. The zero-order chi connectivity index (χ0) is 27.3. The molecule has 0 amide bonds. The van der Waals surface area contributed by atoms with Gasteiger partial charge in [-0.25, -0.2) is 4.39 Å². The van der Waals surface area contributed by atoms with Crippen LogP contribution in [0, 0.1) is 17.7 Å². The third-order valence-corrected chi connectivity index (χ3v) is 5.56. The van der Waals surface area contributed by atoms with Crippen LogP contribution in [0.1, 0.15) is 25.7 Å². The Morgan fingerprint density at radius 3 is 1.51 bits per heavy atom. The third-order valence-electron chi connectivity index (χ3n) is 5.56. The van der Waals surface area contributed by atoms with E-state index in [-0.39, 0.29) is 5.75 Å². The van der Waals surface area contributed by atoms with E-state index in [1.54, 1.807) is 0 Å². The second kappa shape index (κ2) is 8.98. The van der Waals surface area contributed by atoms with Gasteiger partial charge in [-0.2, -0.15) is 57.1 Å². The van der Waals surface area contributed by atoms with Gasteiger partial charge < -0.3 is 4.74 Å². The van der Waals surface area contributed by atoms with Crippen LogP contribution in [0.3, 0.4) is 0 Å². The minimum absolute atomic E-state index is 0.192. The Labute approximate surface area is 187 Å². The number of ether oxygens (including phenoxy) is 1. The number of carbonyl (C=O) groups is 1. The first-order chi connectivity index (χ1) is 15.6. The molecule has 2 rings (SSSR count). The summed E-state index contributed by atoms with van der Waals surface area (Å²) < 4.78 is 190. The van der Waals surface area contributed by atoms with Gasteiger partial charge in [-0.3, -0.25) is 4.79 Å². The molecule has 0 heterocycles. The molecular weight excluding hydrogens is 526 g/mol. The van der Waals surface area contributed by atoms with Crippen molar-refractivity contribution in [2.24, 2.45) is 11.8 Å². The number of hydrogen-bond donors (Lipinski definition) is 0. The third kappa shape index (κ3) is 4.76. The monoisotopic (exact) mass is 540 g/mol. The Morgan fingerprint density at radius 1 is 0.657 bits per heavy atom. The first-order valence-electron chi connectivity index (χ1n) is 9.54. The van der Waals surface area contributed by atoms with Crippen LogP contribution in [0.5, 0.6) is 5.75 Å². The standard InChI is InChI=1S/C19H14F14O2/c20-11-5-7-12(8-6-11)35-13(34)9-1-3-10(4-2-9)14(21,22)15(23,24)16(25,26)17(27,28)18(29,30)19(31,32)33/h5-10H,1-4H2/t9-,10-. The fourth-order valence-electron chi connectivity index (χ4n) is 3.43. The minimum Gasteiger partial charge on any atom is -0.426 e. The van der Waals surface area contributed by atoms with Gasteiger partial charge >= 0.3 is 41.8 Å². The predicted molar refractivity (Wildman–Crippen MR) is 88.3 cm³/mol. The Kier molecular flexibility index (Phi) is 7.43. The molecule has 0 aromatic heterocycles. The van der Waals surface area contributed by atoms with Crippen LogP contribution in [-0.2, 0) is 4.79 Å². The van der Waals surface area contributed by atoms with Gasteiger partial charge in [-0.1, -0.05) is 0 Å². The van der Waals surface area contributed by atoms with Crippen molar-refractivity contribution in [1.29, 1.82) is 0 Å². The number of halogens is 14. The molecule has 0 unspecified atom stereocenters. The Hall–Kier alpha value is -2.29. The van der Waals surface area contributed by atoms with Gasteiger partial charge in [0.2, 0.25) is 0 Å². The normalized spacial score (nSPS) is 21.1. The summed E-state index contributed by atoms with van der Waals surface area (Å²) in [5, 5.41) is 0. The minimum atomic E-state index is -7.94. The number of benzene rings is 1. The van der Waals surface area contributed by atoms with Crippen LogP contribution in [0.15, 0.2) is 24.3 Å². The number of carbonyl (C=O) groups excluding carboxylic acids is 1. The average Bonchev–Trinajstić information content (AvgIpc) is 2.74. The summed E-state index contributed by atoms with van der Waals surface area (Å²) in [4.78, 5) is 12.0. The molecule has 35 heavy (non-hydrogen) atoms. The summed E-state index contributed by atoms with van der Waals surface area (Å²) in [7, 11) is 0. The molecule has 0 radical (unpaired) electrons. The first-order valence-corrected chi connectivity index (χ1v) is 9.54. The van der Waals surface area contributed by atoms with Crippen LogP contribution in [0.2, 0.25) is 0 Å². The summed E-state index contributed by atoms with van der Waals surface area (Å²) in [6.07, 6.45) is -11.3. The van der Waals surface area contributed by atoms with E-state index >= 15 is 0 Å². The van der Waals surface area contributed by atoms with Gasteiger partial charge in [0.25, 0.3) is 0 Å². The Bertz CT molecular complexity index is 899. The van der Waals surface area contributed by atoms with E-state index in [1.807, 2.05) is 0 Å². The van der Waals surface area contributed by atoms with Crippen molar-refractivity contribution in [2.45, 2.75) is 61.5 Å². The lowest BCUT2D eigenvalue weighted by molar-refractivity contribution is -0.443. The lowest BCUT2D eigenvalue weighted by Crippen LogP contribution is -2.71. The van der Waals surface area contributed by atoms with Gasteiger partial charge in [0.1, 0.15) is 11.6 Å². The second-order valence-electron chi connectivity index (χ2n) is 7.84. The molecule has 0 spiro atoms. The number of hydrogen-bond acceptors (Lipinski definition) is 2. The average molecular weight is 540 g/mol. The largest absolute Gasteiger partial charge is 0.460 e. The molecule has 1 aliphatic carbocycles. The van der Waals surface area contributed by atoms with E-state index in [2.05, 4.69) is 0 Å². The first kappa shape index (κ1) is 28.9. The molecule has 16 heteroatoms. The molecule has 0 saturated heterocycles. The van der Waals surface area contributed by atoms with Crippen LogP contribution >= 0.6 is 0 Å². The van der Waals surface area contributed by atoms with Gasteiger partial charge in [-0.05, 0) is 49.9 Å². The highest BCUT2D eigenvalue weighted by atomic mass is 19.4. The van der Waals surface area contributed by atoms with Crippen LogP contribution in [0.4, 0.5) is 61.5 Å². The van der Waals surface area contributed by atoms with Gasteiger partial charge in [-0.15, -0.1) is 0 Å². The topological polar surface area (TPSA) is 26.3 Å². The lowest BCUT2D eigenvalue weighted by atomic mass is 9.75. The van der Waals surface area contributed by atoms with Crippen molar-refractivity contribution < 1.29 is 71.0 Å². The predicted octanol–water partition coefficient (Wildman–Crippen LogP) is 7.28. The molecule has 0 aliphatic heterocycles. The van der Waals surface area contributed by atoms with E-state index in [0.717, 1.165) is 24.3 Å². The summed E-state index contributed by atoms with van der Waals surface area (Å²) in [5.74, 6) is -43.2. The van der Waals surface area contributed by atoms with E-state index in [1.165, 1.54) is 0 Å². The smallest absolute Gasteiger partial charge is 0.426 e. The van der Waals surface area contributed by atoms with E-state index in [0.29, 0.717) is 0 Å². The van der Waals surface area contributed by atoms with Crippen molar-refractivity contribution in [1.82, 2.24) is 0 Å². The van der Waals surface area contributed by atoms with Crippen molar-refractivity contribution in [3.05, 3.63) is 30.1 Å². The van der Waals surface area contributed by atoms with E-state index in [9.17, 15) is 66.3 Å². The van der Waals surface area contributed by atoms with Crippen LogP contribution < -0.4 is 4.74 Å². The van der Waals surface area contributed by atoms with Gasteiger partial charge in [0, 0.05) is 5.92 Å². The fourth-order valence-corrected chi connectivity index (χ4v) is 3.43. The van der Waals surface area contributed by atoms with Crippen LogP contribution in [0.25, 0.3) is 0 Å². The maximum absolute atomic E-state index is 14.3. The van der Waals surface area contributed by atoms with Crippen molar-refractivity contribution in [3.8, 4) is 5.75 Å². The van der Waals surface area contributed by atoms with E-state index in [4.69, 9.17) is 4.74 Å². The quantitative estimate of drug-likeness (QED) is 0.207. The SMILES string of the molecule is O=C(Oc1ccc(F)cc1)[C@H]1CC[C@H](C(F)(F)C(F)(F)C(F)(F)C(F)(F)C(F)(F)C(F)(F)F)CC1. The molecule has 0 atom stereocenters. The maximum Gasteiger partial charge on any atom is 0.460 e. The van der Waals surface area contributed by atoms with Crippen molar-refractivity contribution in [2.75, 3.05) is 0 Å². The highest BCUT2D eigenvalue weighted by molar-refractivity contribution is 5.75. The highest BCUT2D eigenvalue weighted by Gasteiger charge is 2.91. The van der Waals surface area contributed by atoms with Gasteiger partial charge in [0.05, 0.1) is 5.92 Å². The Balaban J connectivity index is 2.19. The molecule has 1 aliphatic rings. The molecule has 1 fully saturated rings. The molecule has 1 aromatic rings. The molecule has 1 aromatic carbocycles. The molecule has 2 nitrogen and oxygen atoms in total. The zero-order valence-electron chi connectivity index (χ0n) is 16.9. The second-order valence-corrected chi connectivity index (χ2v) is 7.84. The summed E-state index contributed by atoms with van der Waals surface area (Å²) in [5.41, 5.74) is 0. The van der Waals surface area contributed by atoms with Crippen molar-refractivity contribution >= 4 is 5.97 Å². The highest BCUT2D eigenvalue weighted by Crippen LogP contribution is 2.62. The van der Waals surface area contributed by atoms with E-state index < -0.39 is 85.1 Å².